The number of nitro groups is 1. The van der Waals surface area contributed by atoms with Crippen LogP contribution >= 0.6 is 11.8 Å². The summed E-state index contributed by atoms with van der Waals surface area (Å²) in [6, 6.07) is 3.88. The highest BCUT2D eigenvalue weighted by molar-refractivity contribution is 8.00. The first-order valence-electron chi connectivity index (χ1n) is 6.34. The molecule has 1 saturated heterocycles. The predicted octanol–water partition coefficient (Wildman–Crippen LogP) is 1.55. The van der Waals surface area contributed by atoms with E-state index < -0.39 is 5.54 Å². The SMILES string of the molecule is CSC12Cc3cccnc3C([N+](=O)[O-])(CN(C)C1)C2. The summed E-state index contributed by atoms with van der Waals surface area (Å²) in [5.41, 5.74) is 0.689. The van der Waals surface area contributed by atoms with Crippen molar-refractivity contribution in [2.24, 2.45) is 0 Å². The first-order chi connectivity index (χ1) is 9.01. The van der Waals surface area contributed by atoms with Gasteiger partial charge in [0.1, 0.15) is 5.69 Å². The number of pyridine rings is 1. The molecule has 1 aliphatic carbocycles. The highest BCUT2D eigenvalue weighted by atomic mass is 32.2. The van der Waals surface area contributed by atoms with Gasteiger partial charge >= 0.3 is 0 Å². The van der Waals surface area contributed by atoms with Crippen LogP contribution in [0.15, 0.2) is 18.3 Å². The van der Waals surface area contributed by atoms with E-state index in [0.717, 1.165) is 18.5 Å². The predicted molar refractivity (Wildman–Crippen MR) is 75.0 cm³/mol. The zero-order valence-electron chi connectivity index (χ0n) is 11.1. The maximum Gasteiger partial charge on any atom is 0.277 e. The molecule has 1 aliphatic heterocycles. The van der Waals surface area contributed by atoms with E-state index in [-0.39, 0.29) is 9.67 Å². The van der Waals surface area contributed by atoms with E-state index in [0.29, 0.717) is 18.7 Å². The molecular formula is C13H17N3O2S. The zero-order chi connectivity index (χ0) is 13.7. The number of hydrogen-bond acceptors (Lipinski definition) is 5. The average Bonchev–Trinajstić information content (AvgIpc) is 2.38. The van der Waals surface area contributed by atoms with Crippen molar-refractivity contribution in [3.8, 4) is 0 Å². The van der Waals surface area contributed by atoms with Gasteiger partial charge in [0.2, 0.25) is 0 Å². The maximum absolute atomic E-state index is 11.8. The van der Waals surface area contributed by atoms with Crippen LogP contribution in [0.4, 0.5) is 0 Å². The second kappa shape index (κ2) is 4.18. The van der Waals surface area contributed by atoms with E-state index in [1.165, 1.54) is 0 Å². The second-order valence-corrected chi connectivity index (χ2v) is 6.99. The molecule has 2 bridgehead atoms. The van der Waals surface area contributed by atoms with Crippen molar-refractivity contribution >= 4 is 11.8 Å². The Bertz CT molecular complexity index is 538. The molecule has 1 aromatic rings. The van der Waals surface area contributed by atoms with Gasteiger partial charge in [-0.25, -0.2) is 0 Å². The van der Waals surface area contributed by atoms with E-state index >= 15 is 0 Å². The van der Waals surface area contributed by atoms with Gasteiger partial charge in [0.15, 0.2) is 0 Å². The molecule has 102 valence electrons. The van der Waals surface area contributed by atoms with E-state index in [2.05, 4.69) is 16.1 Å². The summed E-state index contributed by atoms with van der Waals surface area (Å²) in [7, 11) is 1.97. The lowest BCUT2D eigenvalue weighted by Crippen LogP contribution is -2.62. The Balaban J connectivity index is 2.22. The number of thioether (sulfide) groups is 1. The summed E-state index contributed by atoms with van der Waals surface area (Å²) < 4.78 is -0.0594. The quantitative estimate of drug-likeness (QED) is 0.607. The standard InChI is InChI=1S/C13H17N3O2S/c1-15-8-12(19-2)6-10-4-3-5-14-11(10)13(7-12,9-15)16(17)18/h3-5H,6-9H2,1-2H3. The van der Waals surface area contributed by atoms with Crippen LogP contribution in [0.1, 0.15) is 17.7 Å². The molecule has 2 aliphatic rings. The first-order valence-corrected chi connectivity index (χ1v) is 7.56. The summed E-state index contributed by atoms with van der Waals surface area (Å²) in [6.45, 7) is 1.35. The number of rotatable bonds is 2. The molecule has 0 amide bonds. The molecule has 0 spiro atoms. The molecule has 0 radical (unpaired) electrons. The van der Waals surface area contributed by atoms with Crippen molar-refractivity contribution in [3.05, 3.63) is 39.7 Å². The molecule has 19 heavy (non-hydrogen) atoms. The number of piperidine rings is 1. The Hall–Kier alpha value is -1.14. The van der Waals surface area contributed by atoms with Gasteiger partial charge in [0.05, 0.1) is 6.54 Å². The Labute approximate surface area is 116 Å². The summed E-state index contributed by atoms with van der Waals surface area (Å²) in [5, 5.41) is 11.8. The van der Waals surface area contributed by atoms with Gasteiger partial charge in [-0.15, -0.1) is 0 Å². The molecule has 1 aromatic heterocycles. The number of fused-ring (bicyclic) bond motifs is 4. The van der Waals surface area contributed by atoms with Crippen molar-refractivity contribution in [3.63, 3.8) is 0 Å². The molecule has 2 unspecified atom stereocenters. The molecule has 1 fully saturated rings. The number of aromatic nitrogens is 1. The largest absolute Gasteiger partial charge is 0.298 e. The van der Waals surface area contributed by atoms with Crippen LogP contribution in [0.5, 0.6) is 0 Å². The van der Waals surface area contributed by atoms with E-state index in [4.69, 9.17) is 0 Å². The topological polar surface area (TPSA) is 59.3 Å². The molecule has 2 atom stereocenters. The number of nitrogens with zero attached hydrogens (tertiary/aromatic N) is 3. The first kappa shape index (κ1) is 12.9. The lowest BCUT2D eigenvalue weighted by Gasteiger charge is -2.49. The third kappa shape index (κ3) is 1.77. The summed E-state index contributed by atoms with van der Waals surface area (Å²) in [4.78, 5) is 18.1. The Morgan fingerprint density at radius 1 is 1.53 bits per heavy atom. The van der Waals surface area contributed by atoms with Crippen molar-refractivity contribution in [1.29, 1.82) is 0 Å². The van der Waals surface area contributed by atoms with Crippen LogP contribution in [0.3, 0.4) is 0 Å². The normalized spacial score (nSPS) is 33.8. The number of likely N-dealkylation sites (N-methyl/N-ethyl adjacent to an activating group) is 1. The van der Waals surface area contributed by atoms with Crippen LogP contribution in [0.25, 0.3) is 0 Å². The fourth-order valence-corrected chi connectivity index (χ4v) is 4.71. The number of likely N-dealkylation sites (tertiary alicyclic amines) is 1. The van der Waals surface area contributed by atoms with Gasteiger partial charge in [0.25, 0.3) is 5.54 Å². The smallest absolute Gasteiger partial charge is 0.277 e. The van der Waals surface area contributed by atoms with Gasteiger partial charge in [0, 0.05) is 28.8 Å². The molecule has 6 heteroatoms. The van der Waals surface area contributed by atoms with Crippen LogP contribution < -0.4 is 0 Å². The Morgan fingerprint density at radius 3 is 3.00 bits per heavy atom. The van der Waals surface area contributed by atoms with Crippen LogP contribution in [-0.2, 0) is 12.0 Å². The highest BCUT2D eigenvalue weighted by Crippen LogP contribution is 2.50. The van der Waals surface area contributed by atoms with Gasteiger partial charge in [-0.1, -0.05) is 6.07 Å². The average molecular weight is 279 g/mol. The lowest BCUT2D eigenvalue weighted by molar-refractivity contribution is -0.587. The third-order valence-electron chi connectivity index (χ3n) is 4.33. The minimum Gasteiger partial charge on any atom is -0.298 e. The second-order valence-electron chi connectivity index (χ2n) is 5.71. The molecule has 0 aromatic carbocycles. The fraction of sp³-hybridized carbons (Fsp3) is 0.615. The Morgan fingerprint density at radius 2 is 2.32 bits per heavy atom. The van der Waals surface area contributed by atoms with Crippen molar-refractivity contribution in [1.82, 2.24) is 9.88 Å². The fourth-order valence-electron chi connectivity index (χ4n) is 3.68. The molecule has 3 rings (SSSR count). The van der Waals surface area contributed by atoms with Crippen molar-refractivity contribution in [2.45, 2.75) is 23.1 Å². The minimum atomic E-state index is -1.04. The maximum atomic E-state index is 11.8. The van der Waals surface area contributed by atoms with E-state index in [1.54, 1.807) is 18.0 Å². The van der Waals surface area contributed by atoms with Gasteiger partial charge in [-0.2, -0.15) is 11.8 Å². The van der Waals surface area contributed by atoms with Crippen molar-refractivity contribution < 1.29 is 4.92 Å². The third-order valence-corrected chi connectivity index (χ3v) is 5.62. The van der Waals surface area contributed by atoms with Crippen LogP contribution in [0.2, 0.25) is 0 Å². The van der Waals surface area contributed by atoms with Crippen LogP contribution in [-0.4, -0.2) is 45.9 Å². The van der Waals surface area contributed by atoms with Gasteiger partial charge in [-0.05, 0) is 31.4 Å². The minimum absolute atomic E-state index is 0.0594. The summed E-state index contributed by atoms with van der Waals surface area (Å²) in [6.07, 6.45) is 5.19. The van der Waals surface area contributed by atoms with Gasteiger partial charge < -0.3 is 0 Å². The molecule has 0 N–H and O–H groups in total. The van der Waals surface area contributed by atoms with Gasteiger partial charge in [-0.3, -0.25) is 20.0 Å². The van der Waals surface area contributed by atoms with Crippen LogP contribution in [0, 0.1) is 10.1 Å². The summed E-state index contributed by atoms with van der Waals surface area (Å²) in [5.74, 6) is 0. The molecule has 5 nitrogen and oxygen atoms in total. The molecular weight excluding hydrogens is 262 g/mol. The zero-order valence-corrected chi connectivity index (χ0v) is 11.9. The highest BCUT2D eigenvalue weighted by Gasteiger charge is 2.60. The molecule has 2 heterocycles. The molecule has 0 saturated carbocycles. The number of hydrogen-bond donors (Lipinski definition) is 0. The van der Waals surface area contributed by atoms with E-state index in [1.807, 2.05) is 19.2 Å². The summed E-state index contributed by atoms with van der Waals surface area (Å²) >= 11 is 1.76. The van der Waals surface area contributed by atoms with E-state index in [9.17, 15) is 10.1 Å². The lowest BCUT2D eigenvalue weighted by atomic mass is 9.71. The Kier molecular flexibility index (Phi) is 2.83. The monoisotopic (exact) mass is 279 g/mol. The van der Waals surface area contributed by atoms with Crippen molar-refractivity contribution in [2.75, 3.05) is 26.4 Å².